The molecule has 0 saturated carbocycles. The molecular formula is C18H12ClF3N10O. The van der Waals surface area contributed by atoms with E-state index in [1.807, 2.05) is 6.07 Å². The number of nitrogens with zero attached hydrogens (tertiary/aromatic N) is 7. The first-order chi connectivity index (χ1) is 15.7. The Bertz CT molecular complexity index is 1330. The number of pyridine rings is 1. The third-order valence-corrected chi connectivity index (χ3v) is 4.80. The number of nitriles is 1. The molecule has 4 heterocycles. The smallest absolute Gasteiger partial charge is 0.397 e. The molecule has 0 fully saturated rings. The van der Waals surface area contributed by atoms with E-state index in [1.165, 1.54) is 35.5 Å². The molecule has 0 atom stereocenters. The van der Waals surface area contributed by atoms with E-state index in [4.69, 9.17) is 17.3 Å². The lowest BCUT2D eigenvalue weighted by Crippen LogP contribution is -2.34. The summed E-state index contributed by atoms with van der Waals surface area (Å²) in [6.45, 7) is -0.00805. The van der Waals surface area contributed by atoms with Crippen molar-refractivity contribution in [3.8, 4) is 11.9 Å². The number of hydrogen-bond acceptors (Lipinski definition) is 8. The third kappa shape index (κ3) is 4.08. The van der Waals surface area contributed by atoms with Gasteiger partial charge in [0.05, 0.1) is 42.0 Å². The van der Waals surface area contributed by atoms with Gasteiger partial charge in [-0.15, -0.1) is 4.80 Å². The summed E-state index contributed by atoms with van der Waals surface area (Å²) in [4.78, 5) is 17.7. The van der Waals surface area contributed by atoms with Crippen molar-refractivity contribution in [3.63, 3.8) is 0 Å². The van der Waals surface area contributed by atoms with Crippen molar-refractivity contribution in [1.29, 1.82) is 5.26 Å². The molecule has 11 nitrogen and oxygen atoms in total. The summed E-state index contributed by atoms with van der Waals surface area (Å²) in [6, 6.07) is 3.23. The quantitative estimate of drug-likeness (QED) is 0.514. The molecule has 33 heavy (non-hydrogen) atoms. The highest BCUT2D eigenvalue weighted by Gasteiger charge is 2.41. The monoisotopic (exact) mass is 476 g/mol. The third-order valence-electron chi connectivity index (χ3n) is 4.42. The summed E-state index contributed by atoms with van der Waals surface area (Å²) >= 11 is 6.00. The normalized spacial score (nSPS) is 13.8. The number of hydrogen-bond donors (Lipinski definition) is 3. The summed E-state index contributed by atoms with van der Waals surface area (Å²) in [7, 11) is 0. The number of alkyl halides is 3. The molecular weight excluding hydrogens is 465 g/mol. The van der Waals surface area contributed by atoms with E-state index in [0.717, 1.165) is 6.20 Å². The van der Waals surface area contributed by atoms with Gasteiger partial charge in [0, 0.05) is 11.9 Å². The Labute approximate surface area is 187 Å². The number of anilines is 1. The average molecular weight is 477 g/mol. The first-order valence-corrected chi connectivity index (χ1v) is 9.41. The molecule has 15 heteroatoms. The predicted octanol–water partition coefficient (Wildman–Crippen LogP) is 1.72. The van der Waals surface area contributed by atoms with Crippen LogP contribution in [-0.2, 0) is 6.18 Å². The maximum atomic E-state index is 13.9. The Morgan fingerprint density at radius 1 is 1.27 bits per heavy atom. The van der Waals surface area contributed by atoms with Crippen LogP contribution in [0.15, 0.2) is 48.2 Å². The fourth-order valence-corrected chi connectivity index (χ4v) is 3.19. The number of nitrogens with one attached hydrogen (secondary N) is 2. The Morgan fingerprint density at radius 3 is 2.67 bits per heavy atom. The van der Waals surface area contributed by atoms with Gasteiger partial charge in [-0.1, -0.05) is 11.6 Å². The summed E-state index contributed by atoms with van der Waals surface area (Å²) in [6.07, 6.45) is 1.05. The Kier molecular flexibility index (Phi) is 5.48. The Hall–Kier alpha value is -4.38. The molecule has 4 rings (SSSR count). The summed E-state index contributed by atoms with van der Waals surface area (Å²) in [5.74, 6) is -1.22. The van der Waals surface area contributed by atoms with E-state index < -0.39 is 23.3 Å². The first-order valence-electron chi connectivity index (χ1n) is 9.03. The SMILES string of the molecule is N#CC1=C(n2nccn2)NCC(NC(=O)c2cnn(-c3nccc(N)c3Cl)c2C(F)(F)F)=C1. The number of allylic oxidation sites excluding steroid dienone is 2. The van der Waals surface area contributed by atoms with Gasteiger partial charge >= 0.3 is 6.18 Å². The van der Waals surface area contributed by atoms with Crippen molar-refractivity contribution in [2.24, 2.45) is 0 Å². The standard InChI is InChI=1S/C18H12ClF3N10O/c19-13-12(24)1-2-25-16(13)31-14(18(20,21)22)11(8-29-31)17(33)30-10-5-9(6-23)15(26-7-10)32-27-3-4-28-32/h1-5,8,26H,7H2,(H2,24,25)(H,30,33). The van der Waals surface area contributed by atoms with Gasteiger partial charge < -0.3 is 16.4 Å². The van der Waals surface area contributed by atoms with E-state index in [2.05, 4.69) is 30.9 Å². The molecule has 0 spiro atoms. The van der Waals surface area contributed by atoms with Crippen LogP contribution in [0.1, 0.15) is 16.1 Å². The van der Waals surface area contributed by atoms with E-state index in [1.54, 1.807) is 0 Å². The minimum atomic E-state index is -4.98. The van der Waals surface area contributed by atoms with Crippen LogP contribution in [0.4, 0.5) is 18.9 Å². The molecule has 3 aromatic rings. The second kappa shape index (κ2) is 8.28. The van der Waals surface area contributed by atoms with Gasteiger partial charge in [0.2, 0.25) is 0 Å². The maximum absolute atomic E-state index is 13.9. The highest BCUT2D eigenvalue weighted by Crippen LogP contribution is 2.35. The van der Waals surface area contributed by atoms with E-state index in [9.17, 15) is 23.2 Å². The molecule has 1 aliphatic rings. The zero-order valence-corrected chi connectivity index (χ0v) is 17.1. The van der Waals surface area contributed by atoms with Crippen molar-refractivity contribution in [3.05, 3.63) is 64.5 Å². The average Bonchev–Trinajstić information content (AvgIpc) is 3.45. The second-order valence-electron chi connectivity index (χ2n) is 6.52. The van der Waals surface area contributed by atoms with Crippen molar-refractivity contribution in [2.75, 3.05) is 12.3 Å². The van der Waals surface area contributed by atoms with Gasteiger partial charge in [0.25, 0.3) is 5.91 Å². The van der Waals surface area contributed by atoms with Crippen LogP contribution in [0.25, 0.3) is 11.6 Å². The number of nitrogen functional groups attached to an aromatic ring is 1. The number of dihydropyridines is 1. The number of carbonyl (C=O) groups excluding carboxylic acids is 1. The largest absolute Gasteiger partial charge is 0.434 e. The zero-order chi connectivity index (χ0) is 23.8. The second-order valence-corrected chi connectivity index (χ2v) is 6.90. The molecule has 4 N–H and O–H groups in total. The molecule has 0 radical (unpaired) electrons. The lowest BCUT2D eigenvalue weighted by Gasteiger charge is -2.19. The van der Waals surface area contributed by atoms with Gasteiger partial charge in [-0.2, -0.15) is 33.7 Å². The lowest BCUT2D eigenvalue weighted by atomic mass is 10.1. The number of rotatable bonds is 4. The van der Waals surface area contributed by atoms with Crippen LogP contribution in [-0.4, -0.2) is 42.2 Å². The van der Waals surface area contributed by atoms with Crippen LogP contribution in [0.2, 0.25) is 5.02 Å². The van der Waals surface area contributed by atoms with Gasteiger partial charge in [-0.05, 0) is 12.1 Å². The fraction of sp³-hybridized carbons (Fsp3) is 0.111. The maximum Gasteiger partial charge on any atom is 0.434 e. The Balaban J connectivity index is 1.69. The molecule has 1 amide bonds. The molecule has 0 aliphatic carbocycles. The van der Waals surface area contributed by atoms with E-state index in [0.29, 0.717) is 4.68 Å². The topological polar surface area (TPSA) is 152 Å². The number of aromatic nitrogens is 6. The van der Waals surface area contributed by atoms with Crippen molar-refractivity contribution in [1.82, 2.24) is 40.4 Å². The minimum Gasteiger partial charge on any atom is -0.397 e. The van der Waals surface area contributed by atoms with Gasteiger partial charge in [0.1, 0.15) is 11.1 Å². The van der Waals surface area contributed by atoms with Crippen LogP contribution in [0.5, 0.6) is 0 Å². The molecule has 0 bridgehead atoms. The van der Waals surface area contributed by atoms with Crippen LogP contribution >= 0.6 is 11.6 Å². The zero-order valence-electron chi connectivity index (χ0n) is 16.3. The van der Waals surface area contributed by atoms with Crippen molar-refractivity contribution >= 4 is 29.0 Å². The minimum absolute atomic E-state index is 0.00646. The van der Waals surface area contributed by atoms with Crippen molar-refractivity contribution < 1.29 is 18.0 Å². The first kappa shape index (κ1) is 21.8. The predicted molar refractivity (Wildman–Crippen MR) is 108 cm³/mol. The summed E-state index contributed by atoms with van der Waals surface area (Å²) < 4.78 is 42.1. The molecule has 3 aromatic heterocycles. The van der Waals surface area contributed by atoms with E-state index >= 15 is 0 Å². The van der Waals surface area contributed by atoms with Gasteiger partial charge in [-0.3, -0.25) is 4.79 Å². The van der Waals surface area contributed by atoms with Crippen LogP contribution in [0, 0.1) is 11.3 Å². The van der Waals surface area contributed by atoms with Crippen LogP contribution in [0.3, 0.4) is 0 Å². The molecule has 0 aromatic carbocycles. The number of nitrogens with two attached hydrogens (primary N) is 1. The number of amides is 1. The number of carbonyl (C=O) groups is 1. The molecule has 0 saturated heterocycles. The molecule has 168 valence electrons. The number of halogens is 4. The highest BCUT2D eigenvalue weighted by atomic mass is 35.5. The van der Waals surface area contributed by atoms with Crippen LogP contribution < -0.4 is 16.4 Å². The molecule has 0 unspecified atom stereocenters. The molecule has 1 aliphatic heterocycles. The van der Waals surface area contributed by atoms with Gasteiger partial charge in [-0.25, -0.2) is 9.67 Å². The van der Waals surface area contributed by atoms with Gasteiger partial charge in [0.15, 0.2) is 17.3 Å². The van der Waals surface area contributed by atoms with Crippen molar-refractivity contribution in [2.45, 2.75) is 6.18 Å². The fourth-order valence-electron chi connectivity index (χ4n) is 3.00. The van der Waals surface area contributed by atoms with E-state index in [-0.39, 0.29) is 40.2 Å². The summed E-state index contributed by atoms with van der Waals surface area (Å²) in [5, 5.41) is 25.8. The lowest BCUT2D eigenvalue weighted by molar-refractivity contribution is -0.143. The highest BCUT2D eigenvalue weighted by molar-refractivity contribution is 6.34. The Morgan fingerprint density at radius 2 is 2.00 bits per heavy atom. The summed E-state index contributed by atoms with van der Waals surface area (Å²) in [5.41, 5.74) is 3.70.